The van der Waals surface area contributed by atoms with E-state index in [0.717, 1.165) is 9.13 Å². The lowest BCUT2D eigenvalue weighted by Crippen LogP contribution is -2.34. The third-order valence-electron chi connectivity index (χ3n) is 4.19. The Hall–Kier alpha value is -3.34. The van der Waals surface area contributed by atoms with Crippen molar-refractivity contribution in [1.82, 2.24) is 10.7 Å². The van der Waals surface area contributed by atoms with Crippen LogP contribution < -0.4 is 20.2 Å². The van der Waals surface area contributed by atoms with E-state index in [2.05, 4.69) is 38.4 Å². The molecular weight excluding hydrogens is 513 g/mol. The standard InChI is InChI=1S/C22H20IN3O5/c1-29-19-9-5-15(11-20(19)30-2)22(28)24-13-21(27)26-25-12-17-8-10-18(31-17)14-3-6-16(23)7-4-14/h3-12H,13H2,1-2H3,(H,24,28)(H,26,27)/b25-12+. The maximum Gasteiger partial charge on any atom is 0.259 e. The molecule has 0 aliphatic heterocycles. The van der Waals surface area contributed by atoms with Gasteiger partial charge in [-0.25, -0.2) is 5.43 Å². The maximum absolute atomic E-state index is 12.2. The molecule has 2 N–H and O–H groups in total. The fourth-order valence-corrected chi connectivity index (χ4v) is 3.00. The number of nitrogens with one attached hydrogen (secondary N) is 2. The molecule has 0 saturated heterocycles. The van der Waals surface area contributed by atoms with E-state index < -0.39 is 11.8 Å². The molecule has 0 spiro atoms. The van der Waals surface area contributed by atoms with Crippen LogP contribution in [-0.2, 0) is 4.79 Å². The molecular formula is C22H20IN3O5. The molecule has 1 heterocycles. The molecule has 9 heteroatoms. The summed E-state index contributed by atoms with van der Waals surface area (Å²) in [5, 5.41) is 6.38. The third kappa shape index (κ3) is 6.07. The molecule has 3 aromatic rings. The van der Waals surface area contributed by atoms with Crippen LogP contribution in [0.25, 0.3) is 11.3 Å². The Balaban J connectivity index is 1.49. The number of furan rings is 1. The molecule has 31 heavy (non-hydrogen) atoms. The SMILES string of the molecule is COc1ccc(C(=O)NCC(=O)N/N=C/c2ccc(-c3ccc(I)cc3)o2)cc1OC. The summed E-state index contributed by atoms with van der Waals surface area (Å²) in [4.78, 5) is 24.2. The molecule has 0 atom stereocenters. The smallest absolute Gasteiger partial charge is 0.259 e. The number of benzene rings is 2. The van der Waals surface area contributed by atoms with E-state index in [1.54, 1.807) is 18.2 Å². The zero-order valence-corrected chi connectivity index (χ0v) is 19.0. The van der Waals surface area contributed by atoms with Crippen LogP contribution in [-0.4, -0.2) is 38.8 Å². The van der Waals surface area contributed by atoms with E-state index in [4.69, 9.17) is 13.9 Å². The highest BCUT2D eigenvalue weighted by Crippen LogP contribution is 2.27. The first-order valence-electron chi connectivity index (χ1n) is 9.18. The van der Waals surface area contributed by atoms with Gasteiger partial charge in [0.2, 0.25) is 0 Å². The molecule has 0 bridgehead atoms. The van der Waals surface area contributed by atoms with Gasteiger partial charge in [0.25, 0.3) is 11.8 Å². The van der Waals surface area contributed by atoms with Gasteiger partial charge in [-0.2, -0.15) is 5.10 Å². The highest BCUT2D eigenvalue weighted by Gasteiger charge is 2.12. The number of halogens is 1. The van der Waals surface area contributed by atoms with Crippen molar-refractivity contribution < 1.29 is 23.5 Å². The summed E-state index contributed by atoms with van der Waals surface area (Å²) in [6.45, 7) is -0.240. The molecule has 0 aliphatic rings. The number of amides is 2. The van der Waals surface area contributed by atoms with Crippen LogP contribution in [0.4, 0.5) is 0 Å². The summed E-state index contributed by atoms with van der Waals surface area (Å²) in [5.41, 5.74) is 3.63. The quantitative estimate of drug-likeness (QED) is 0.263. The molecule has 2 amide bonds. The normalized spacial score (nSPS) is 10.7. The lowest BCUT2D eigenvalue weighted by molar-refractivity contribution is -0.120. The Bertz CT molecular complexity index is 1090. The lowest BCUT2D eigenvalue weighted by Gasteiger charge is -2.09. The van der Waals surface area contributed by atoms with Gasteiger partial charge in [-0.15, -0.1) is 0 Å². The first-order chi connectivity index (χ1) is 15.0. The van der Waals surface area contributed by atoms with Crippen molar-refractivity contribution >= 4 is 40.6 Å². The second-order valence-electron chi connectivity index (χ2n) is 6.25. The molecule has 1 aromatic heterocycles. The fraction of sp³-hybridized carbons (Fsp3) is 0.136. The van der Waals surface area contributed by atoms with Crippen molar-refractivity contribution in [2.45, 2.75) is 0 Å². The largest absolute Gasteiger partial charge is 0.493 e. The van der Waals surface area contributed by atoms with Gasteiger partial charge in [-0.3, -0.25) is 9.59 Å². The van der Waals surface area contributed by atoms with Gasteiger partial charge in [-0.1, -0.05) is 12.1 Å². The summed E-state index contributed by atoms with van der Waals surface area (Å²) < 4.78 is 17.1. The van der Waals surface area contributed by atoms with Crippen LogP contribution in [0.1, 0.15) is 16.1 Å². The molecule has 3 rings (SSSR count). The topological polar surface area (TPSA) is 102 Å². The van der Waals surface area contributed by atoms with Crippen LogP contribution in [0, 0.1) is 3.57 Å². The minimum Gasteiger partial charge on any atom is -0.493 e. The van der Waals surface area contributed by atoms with Crippen LogP contribution in [0.2, 0.25) is 0 Å². The summed E-state index contributed by atoms with van der Waals surface area (Å²) >= 11 is 2.24. The number of methoxy groups -OCH3 is 2. The predicted octanol–water partition coefficient (Wildman–Crippen LogP) is 3.45. The van der Waals surface area contributed by atoms with Crippen LogP contribution in [0.5, 0.6) is 11.5 Å². The fourth-order valence-electron chi connectivity index (χ4n) is 2.64. The van der Waals surface area contributed by atoms with E-state index in [1.165, 1.54) is 26.5 Å². The number of carbonyl (C=O) groups excluding carboxylic acids is 2. The van der Waals surface area contributed by atoms with Crippen molar-refractivity contribution in [3.8, 4) is 22.8 Å². The number of nitrogens with zero attached hydrogens (tertiary/aromatic N) is 1. The van der Waals surface area contributed by atoms with Gasteiger partial charge in [0.05, 0.1) is 27.0 Å². The maximum atomic E-state index is 12.2. The van der Waals surface area contributed by atoms with E-state index in [0.29, 0.717) is 28.6 Å². The summed E-state index contributed by atoms with van der Waals surface area (Å²) in [6, 6.07) is 16.2. The Morgan fingerprint density at radius 2 is 1.77 bits per heavy atom. The number of hydrogen-bond donors (Lipinski definition) is 2. The predicted molar refractivity (Wildman–Crippen MR) is 124 cm³/mol. The number of carbonyl (C=O) groups is 2. The summed E-state index contributed by atoms with van der Waals surface area (Å²) in [5.74, 6) is 1.22. The summed E-state index contributed by atoms with van der Waals surface area (Å²) in [7, 11) is 2.99. The molecule has 0 saturated carbocycles. The Morgan fingerprint density at radius 1 is 1.03 bits per heavy atom. The van der Waals surface area contributed by atoms with Crippen molar-refractivity contribution in [2.24, 2.45) is 5.10 Å². The molecule has 0 aliphatic carbocycles. The van der Waals surface area contributed by atoms with Gasteiger partial charge in [0, 0.05) is 14.7 Å². The lowest BCUT2D eigenvalue weighted by atomic mass is 10.2. The average Bonchev–Trinajstić information content (AvgIpc) is 3.26. The monoisotopic (exact) mass is 533 g/mol. The van der Waals surface area contributed by atoms with E-state index in [1.807, 2.05) is 30.3 Å². The van der Waals surface area contributed by atoms with Crippen LogP contribution in [0.15, 0.2) is 64.1 Å². The molecule has 160 valence electrons. The number of ether oxygens (including phenoxy) is 2. The van der Waals surface area contributed by atoms with Crippen molar-refractivity contribution in [2.75, 3.05) is 20.8 Å². The molecule has 0 unspecified atom stereocenters. The van der Waals surface area contributed by atoms with Gasteiger partial charge >= 0.3 is 0 Å². The first kappa shape index (κ1) is 22.3. The van der Waals surface area contributed by atoms with Crippen LogP contribution in [0.3, 0.4) is 0 Å². The minimum atomic E-state index is -0.477. The highest BCUT2D eigenvalue weighted by molar-refractivity contribution is 14.1. The number of rotatable bonds is 8. The second-order valence-corrected chi connectivity index (χ2v) is 7.50. The highest BCUT2D eigenvalue weighted by atomic mass is 127. The average molecular weight is 533 g/mol. The minimum absolute atomic E-state index is 0.240. The molecule has 0 radical (unpaired) electrons. The van der Waals surface area contributed by atoms with E-state index in [-0.39, 0.29) is 6.54 Å². The Kier molecular flexibility index (Phi) is 7.65. The van der Waals surface area contributed by atoms with Crippen molar-refractivity contribution in [3.05, 3.63) is 69.5 Å². The van der Waals surface area contributed by atoms with Gasteiger partial charge in [-0.05, 0) is 65.1 Å². The second kappa shape index (κ2) is 10.6. The van der Waals surface area contributed by atoms with Crippen molar-refractivity contribution in [3.63, 3.8) is 0 Å². The molecule has 2 aromatic carbocycles. The zero-order valence-electron chi connectivity index (χ0n) is 16.8. The van der Waals surface area contributed by atoms with Crippen LogP contribution >= 0.6 is 22.6 Å². The molecule has 8 nitrogen and oxygen atoms in total. The molecule has 0 fully saturated rings. The van der Waals surface area contributed by atoms with Gasteiger partial charge in [0.1, 0.15) is 11.5 Å². The zero-order chi connectivity index (χ0) is 22.2. The van der Waals surface area contributed by atoms with E-state index >= 15 is 0 Å². The van der Waals surface area contributed by atoms with E-state index in [9.17, 15) is 9.59 Å². The Morgan fingerprint density at radius 3 is 2.48 bits per heavy atom. The number of hydrogen-bond acceptors (Lipinski definition) is 6. The third-order valence-corrected chi connectivity index (χ3v) is 4.91. The van der Waals surface area contributed by atoms with Gasteiger partial charge in [0.15, 0.2) is 11.5 Å². The Labute approximate surface area is 192 Å². The van der Waals surface area contributed by atoms with Gasteiger partial charge < -0.3 is 19.2 Å². The van der Waals surface area contributed by atoms with Crippen molar-refractivity contribution in [1.29, 1.82) is 0 Å². The number of hydrazone groups is 1. The summed E-state index contributed by atoms with van der Waals surface area (Å²) in [6.07, 6.45) is 1.39. The first-order valence-corrected chi connectivity index (χ1v) is 10.3.